The smallest absolute Gasteiger partial charge is 0.338 e. The van der Waals surface area contributed by atoms with E-state index in [1.165, 1.54) is 52.2 Å². The molecule has 0 amide bonds. The summed E-state index contributed by atoms with van der Waals surface area (Å²) in [5.41, 5.74) is 1.88. The minimum Gasteiger partial charge on any atom is -0.451 e. The van der Waals surface area contributed by atoms with Gasteiger partial charge in [-0.15, -0.1) is 0 Å². The number of nitrogens with one attached hydrogen (secondary N) is 1. The number of carbonyl (C=O) groups excluding carboxylic acids is 3. The molecule has 0 saturated carbocycles. The Morgan fingerprint density at radius 1 is 1.07 bits per heavy atom. The second-order valence-corrected chi connectivity index (χ2v) is 9.06. The fourth-order valence-electron chi connectivity index (χ4n) is 2.98. The summed E-state index contributed by atoms with van der Waals surface area (Å²) in [6.07, 6.45) is -1.09. The van der Waals surface area contributed by atoms with Crippen LogP contribution in [0, 0.1) is 13.8 Å². The summed E-state index contributed by atoms with van der Waals surface area (Å²) in [5.74, 6) is -1.38. The van der Waals surface area contributed by atoms with E-state index in [4.69, 9.17) is 4.74 Å². The van der Waals surface area contributed by atoms with Gasteiger partial charge >= 0.3 is 5.97 Å². The Morgan fingerprint density at radius 3 is 2.07 bits per heavy atom. The summed E-state index contributed by atoms with van der Waals surface area (Å²) in [4.78, 5) is 39.7. The van der Waals surface area contributed by atoms with Crippen LogP contribution in [0.2, 0.25) is 0 Å². The highest BCUT2D eigenvalue weighted by Gasteiger charge is 2.26. The molecule has 1 atom stereocenters. The Morgan fingerprint density at radius 2 is 1.62 bits per heavy atom. The van der Waals surface area contributed by atoms with E-state index in [0.717, 1.165) is 4.31 Å². The zero-order valence-corrected chi connectivity index (χ0v) is 18.0. The third-order valence-electron chi connectivity index (χ3n) is 4.56. The zero-order valence-electron chi connectivity index (χ0n) is 17.2. The molecule has 1 aromatic carbocycles. The number of ether oxygens (including phenoxy) is 1. The van der Waals surface area contributed by atoms with E-state index in [1.807, 2.05) is 0 Å². The number of carbonyl (C=O) groups is 3. The van der Waals surface area contributed by atoms with Crippen molar-refractivity contribution in [3.8, 4) is 0 Å². The summed E-state index contributed by atoms with van der Waals surface area (Å²) in [5, 5.41) is 0. The van der Waals surface area contributed by atoms with Gasteiger partial charge in [0, 0.05) is 25.4 Å². The highest BCUT2D eigenvalue weighted by Crippen LogP contribution is 2.21. The van der Waals surface area contributed by atoms with E-state index in [0.29, 0.717) is 16.8 Å². The largest absolute Gasteiger partial charge is 0.451 e. The van der Waals surface area contributed by atoms with Gasteiger partial charge in [0.05, 0.1) is 16.2 Å². The van der Waals surface area contributed by atoms with Crippen molar-refractivity contribution in [3.05, 3.63) is 52.3 Å². The minimum atomic E-state index is -3.61. The number of rotatable bonds is 7. The van der Waals surface area contributed by atoms with E-state index in [1.54, 1.807) is 13.8 Å². The van der Waals surface area contributed by atoms with Crippen LogP contribution in [-0.4, -0.2) is 55.4 Å². The molecule has 0 aliphatic carbocycles. The molecule has 1 heterocycles. The van der Waals surface area contributed by atoms with E-state index >= 15 is 0 Å². The Kier molecular flexibility index (Phi) is 6.44. The maximum atomic E-state index is 12.7. The number of aromatic amines is 1. The van der Waals surface area contributed by atoms with Gasteiger partial charge in [-0.2, -0.15) is 0 Å². The van der Waals surface area contributed by atoms with E-state index < -0.39 is 27.9 Å². The molecule has 0 aliphatic heterocycles. The average molecular weight is 420 g/mol. The Labute approximate surface area is 169 Å². The van der Waals surface area contributed by atoms with Crippen LogP contribution in [-0.2, 0) is 14.8 Å². The van der Waals surface area contributed by atoms with Crippen LogP contribution in [0.1, 0.15) is 56.3 Å². The normalized spacial score (nSPS) is 12.7. The van der Waals surface area contributed by atoms with Crippen LogP contribution in [0.4, 0.5) is 0 Å². The second kappa shape index (κ2) is 8.30. The van der Waals surface area contributed by atoms with Crippen LogP contribution in [0.25, 0.3) is 0 Å². The van der Waals surface area contributed by atoms with Crippen LogP contribution in [0.15, 0.2) is 29.2 Å². The SMILES string of the molecule is CC(=O)c1c(C)[nH]c(C(=O)[C@@H](C)OC(=O)c2ccc(S(=O)(=O)N(C)C)cc2)c1C. The molecule has 0 fully saturated rings. The van der Waals surface area contributed by atoms with Crippen molar-refractivity contribution in [1.29, 1.82) is 0 Å². The molecule has 0 unspecified atom stereocenters. The molecule has 1 aromatic heterocycles. The molecular weight excluding hydrogens is 396 g/mol. The summed E-state index contributed by atoms with van der Waals surface area (Å²) < 4.78 is 30.5. The molecule has 2 aromatic rings. The van der Waals surface area contributed by atoms with E-state index in [2.05, 4.69) is 4.98 Å². The highest BCUT2D eigenvalue weighted by molar-refractivity contribution is 7.89. The van der Waals surface area contributed by atoms with Gasteiger partial charge in [0.15, 0.2) is 11.9 Å². The second-order valence-electron chi connectivity index (χ2n) is 6.90. The summed E-state index contributed by atoms with van der Waals surface area (Å²) in [6, 6.07) is 5.26. The number of benzene rings is 1. The van der Waals surface area contributed by atoms with Gasteiger partial charge in [0.25, 0.3) is 0 Å². The maximum absolute atomic E-state index is 12.7. The van der Waals surface area contributed by atoms with Gasteiger partial charge in [0.2, 0.25) is 15.8 Å². The van der Waals surface area contributed by atoms with Gasteiger partial charge in [-0.05, 0) is 57.5 Å². The van der Waals surface area contributed by atoms with Crippen LogP contribution >= 0.6 is 0 Å². The number of sulfonamides is 1. The lowest BCUT2D eigenvalue weighted by Crippen LogP contribution is -2.25. The first-order valence-electron chi connectivity index (χ1n) is 8.85. The van der Waals surface area contributed by atoms with Crippen molar-refractivity contribution in [2.45, 2.75) is 38.7 Å². The third kappa shape index (κ3) is 4.46. The number of esters is 1. The molecular formula is C20H24N2O6S. The molecule has 0 spiro atoms. The van der Waals surface area contributed by atoms with E-state index in [9.17, 15) is 22.8 Å². The number of nitrogens with zero attached hydrogens (tertiary/aromatic N) is 1. The number of hydrogen-bond acceptors (Lipinski definition) is 6. The van der Waals surface area contributed by atoms with Crippen molar-refractivity contribution < 1.29 is 27.5 Å². The predicted octanol–water partition coefficient (Wildman–Crippen LogP) is 2.51. The first kappa shape index (κ1) is 22.5. The highest BCUT2D eigenvalue weighted by atomic mass is 32.2. The van der Waals surface area contributed by atoms with Crippen LogP contribution < -0.4 is 0 Å². The molecule has 2 rings (SSSR count). The van der Waals surface area contributed by atoms with Gasteiger partial charge in [-0.25, -0.2) is 17.5 Å². The molecule has 0 saturated heterocycles. The van der Waals surface area contributed by atoms with Gasteiger partial charge < -0.3 is 9.72 Å². The minimum absolute atomic E-state index is 0.0393. The predicted molar refractivity (Wildman–Crippen MR) is 107 cm³/mol. The fraction of sp³-hybridized carbons (Fsp3) is 0.350. The summed E-state index contributed by atoms with van der Waals surface area (Å²) in [7, 11) is -0.791. The lowest BCUT2D eigenvalue weighted by atomic mass is 10.0. The Hall–Kier alpha value is -2.78. The monoisotopic (exact) mass is 420 g/mol. The van der Waals surface area contributed by atoms with Crippen LogP contribution in [0.5, 0.6) is 0 Å². The molecule has 0 bridgehead atoms. The molecule has 8 nitrogen and oxygen atoms in total. The Balaban J connectivity index is 2.18. The maximum Gasteiger partial charge on any atom is 0.338 e. The van der Waals surface area contributed by atoms with Gasteiger partial charge in [0.1, 0.15) is 0 Å². The number of aromatic nitrogens is 1. The molecule has 1 N–H and O–H groups in total. The number of aryl methyl sites for hydroxylation is 1. The number of Topliss-reactive ketones (excluding diaryl/α,β-unsaturated/α-hetero) is 2. The summed E-state index contributed by atoms with van der Waals surface area (Å²) in [6.45, 7) is 6.21. The molecule has 0 radical (unpaired) electrons. The van der Waals surface area contributed by atoms with Crippen molar-refractivity contribution in [3.63, 3.8) is 0 Å². The topological polar surface area (TPSA) is 114 Å². The average Bonchev–Trinajstić information content (AvgIpc) is 2.95. The van der Waals surface area contributed by atoms with E-state index in [-0.39, 0.29) is 21.9 Å². The van der Waals surface area contributed by atoms with Crippen molar-refractivity contribution in [2.24, 2.45) is 0 Å². The van der Waals surface area contributed by atoms with Crippen molar-refractivity contribution >= 4 is 27.6 Å². The van der Waals surface area contributed by atoms with Crippen molar-refractivity contribution in [1.82, 2.24) is 9.29 Å². The lowest BCUT2D eigenvalue weighted by molar-refractivity contribution is 0.0317. The van der Waals surface area contributed by atoms with Gasteiger partial charge in [-0.3, -0.25) is 9.59 Å². The van der Waals surface area contributed by atoms with Gasteiger partial charge in [-0.1, -0.05) is 0 Å². The van der Waals surface area contributed by atoms with Crippen LogP contribution in [0.3, 0.4) is 0 Å². The number of ketones is 2. The molecule has 29 heavy (non-hydrogen) atoms. The quantitative estimate of drug-likeness (QED) is 0.544. The fourth-order valence-corrected chi connectivity index (χ4v) is 3.89. The first-order valence-corrected chi connectivity index (χ1v) is 10.3. The molecule has 156 valence electrons. The third-order valence-corrected chi connectivity index (χ3v) is 6.39. The standard InChI is InChI=1S/C20H24N2O6S/c1-11-17(13(3)23)12(2)21-18(11)19(24)14(4)28-20(25)15-7-9-16(10-8-15)29(26,27)22(5)6/h7-10,14,21H,1-6H3/t14-/m1/s1. The molecule has 0 aliphatic rings. The molecule has 9 heteroatoms. The lowest BCUT2D eigenvalue weighted by Gasteiger charge is -2.13. The first-order chi connectivity index (χ1) is 13.4. The zero-order chi connectivity index (χ0) is 22.1. The number of H-pyrrole nitrogens is 1. The van der Waals surface area contributed by atoms with Crippen molar-refractivity contribution in [2.75, 3.05) is 14.1 Å². The number of hydrogen-bond donors (Lipinski definition) is 1. The Bertz CT molecular complexity index is 1070. The summed E-state index contributed by atoms with van der Waals surface area (Å²) >= 11 is 0.